The lowest BCUT2D eigenvalue weighted by Crippen LogP contribution is -2.74. The number of carboxylic acids is 1. The monoisotopic (exact) mass is 1620 g/mol. The summed E-state index contributed by atoms with van der Waals surface area (Å²) in [6.45, 7) is 2.26. The summed E-state index contributed by atoms with van der Waals surface area (Å²) in [6, 6.07) is 13.8. The molecule has 0 aliphatic carbocycles. The molecule has 7 N–H and O–H groups in total. The molecule has 2 bridgehead atoms. The van der Waals surface area contributed by atoms with E-state index in [9.17, 15) is 45.9 Å². The molecule has 11 rings (SSSR count). The average molecular weight is 1620 g/mol. The number of nitrogens with zero attached hydrogens (tertiary/aromatic N) is 7. The van der Waals surface area contributed by atoms with Crippen molar-refractivity contribution < 1.29 is 84.3 Å². The minimum atomic E-state index is -3.88. The van der Waals surface area contributed by atoms with Crippen molar-refractivity contribution in [3.05, 3.63) is 143 Å². The summed E-state index contributed by atoms with van der Waals surface area (Å²) in [5.74, 6) is -14.3. The van der Waals surface area contributed by atoms with E-state index in [0.717, 1.165) is 37.0 Å². The Bertz CT molecular complexity index is 4850. The first-order valence-electron chi connectivity index (χ1n) is 37.6. The fraction of sp³-hybridized carbons (Fsp3) is 0.481. The lowest BCUT2D eigenvalue weighted by atomic mass is 9.85. The molecule has 113 heavy (non-hydrogen) atoms. The van der Waals surface area contributed by atoms with E-state index < -0.39 is 219 Å². The van der Waals surface area contributed by atoms with Crippen molar-refractivity contribution in [2.75, 3.05) is 71.8 Å². The summed E-state index contributed by atoms with van der Waals surface area (Å²) in [7, 11) is -2.56. The number of H-pyrrole nitrogens is 2. The van der Waals surface area contributed by atoms with Crippen molar-refractivity contribution in [3.8, 4) is 0 Å². The van der Waals surface area contributed by atoms with Gasteiger partial charge in [-0.2, -0.15) is 0 Å². The van der Waals surface area contributed by atoms with Gasteiger partial charge >= 0.3 is 5.97 Å². The number of likely N-dealkylation sites (N-methyl/N-ethyl adjacent to an activating group) is 4. The Hall–Kier alpha value is -10.5. The maximum atomic E-state index is 15.6. The number of sulfone groups is 2. The van der Waals surface area contributed by atoms with Crippen molar-refractivity contribution in [1.82, 2.24) is 65.5 Å². The van der Waals surface area contributed by atoms with E-state index in [-0.39, 0.29) is 58.0 Å². The first-order chi connectivity index (χ1) is 53.5. The Morgan fingerprint density at radius 2 is 1.05 bits per heavy atom. The number of aromatic amines is 2. The summed E-state index contributed by atoms with van der Waals surface area (Å²) in [5, 5.41) is 22.9. The number of amides is 11. The number of rotatable bonds is 16. The van der Waals surface area contributed by atoms with Gasteiger partial charge in [0.05, 0.1) is 36.1 Å². The quantitative estimate of drug-likeness (QED) is 0.0540. The number of hydrogen-bond acceptors (Lipinski definition) is 17. The second-order valence-electron chi connectivity index (χ2n) is 30.3. The fourth-order valence-electron chi connectivity index (χ4n) is 15.7. The second-order valence-corrected chi connectivity index (χ2v) is 35.2. The van der Waals surface area contributed by atoms with Crippen LogP contribution in [0.5, 0.6) is 0 Å². The number of fused-ring (bicyclic) bond motifs is 30. The molecule has 6 aromatic rings. The first kappa shape index (κ1) is 84.9. The van der Waals surface area contributed by atoms with Crippen LogP contribution in [0.25, 0.3) is 21.8 Å². The van der Waals surface area contributed by atoms with Crippen molar-refractivity contribution in [3.63, 3.8) is 0 Å². The van der Waals surface area contributed by atoms with Gasteiger partial charge in [-0.3, -0.25) is 57.5 Å². The molecule has 31 nitrogen and oxygen atoms in total. The van der Waals surface area contributed by atoms with Crippen LogP contribution in [0.1, 0.15) is 93.9 Å². The molecule has 5 aliphatic rings. The van der Waals surface area contributed by atoms with E-state index in [1.54, 1.807) is 110 Å². The second kappa shape index (κ2) is 36.5. The van der Waals surface area contributed by atoms with E-state index in [0.29, 0.717) is 55.5 Å². The SMILES string of the molecule is CC1[C@H]2C(=O)N1[C@@H](Cc1c[nH]c3ccccc13)C(=O)C[C@H](C(=O)N1CCC[C@H]1C(=O)O)CC(=O)N[C@@H](C)CC(=O)N[C@@H](CCS(C)(=O)=O)C(=O)N(C)[C@@H](Cc1ccccc1)C(=O)N[C@@H](Cc1c[nH]c3ccccc13)C(=O)N1CCC[C@H]1C(=O)N(C)CC(=O)N(C)[C@@H](Cc1ccc(Cl)cc1)C(=O)N[C@@H](CCS(C)(=O)=O)C(=O)N2C. The van der Waals surface area contributed by atoms with Gasteiger partial charge in [-0.15, -0.1) is 0 Å². The van der Waals surface area contributed by atoms with E-state index in [1.165, 1.54) is 44.9 Å². The van der Waals surface area contributed by atoms with Gasteiger partial charge in [0.15, 0.2) is 5.78 Å². The Balaban J connectivity index is 1.04. The van der Waals surface area contributed by atoms with Crippen LogP contribution in [0.2, 0.25) is 5.02 Å². The van der Waals surface area contributed by atoms with Crippen LogP contribution >= 0.6 is 11.6 Å². The number of aliphatic carboxylic acids is 1. The zero-order valence-electron chi connectivity index (χ0n) is 64.3. The summed E-state index contributed by atoms with van der Waals surface area (Å²) in [5.41, 5.74) is 3.49. The summed E-state index contributed by atoms with van der Waals surface area (Å²) in [4.78, 5) is 208. The van der Waals surface area contributed by atoms with Crippen molar-refractivity contribution in [2.45, 2.75) is 164 Å². The normalized spacial score (nSPS) is 25.4. The molecule has 2 aromatic heterocycles. The van der Waals surface area contributed by atoms with Crippen LogP contribution in [-0.2, 0) is 108 Å². The molecule has 606 valence electrons. The molecule has 1 unspecified atom stereocenters. The molecule has 5 saturated heterocycles. The van der Waals surface area contributed by atoms with Crippen LogP contribution in [0, 0.1) is 5.92 Å². The highest BCUT2D eigenvalue weighted by atomic mass is 35.5. The Morgan fingerprint density at radius 3 is 1.64 bits per heavy atom. The number of carbonyl (C=O) groups is 13. The number of nitrogens with one attached hydrogen (secondary N) is 6. The number of halogens is 1. The van der Waals surface area contributed by atoms with Crippen molar-refractivity contribution >= 4 is 130 Å². The van der Waals surface area contributed by atoms with Gasteiger partial charge in [0.25, 0.3) is 0 Å². The zero-order chi connectivity index (χ0) is 82.1. The van der Waals surface area contributed by atoms with Gasteiger partial charge in [0.1, 0.15) is 68.0 Å². The van der Waals surface area contributed by atoms with Gasteiger partial charge in [0, 0.05) is 144 Å². The van der Waals surface area contributed by atoms with Crippen LogP contribution in [0.15, 0.2) is 116 Å². The summed E-state index contributed by atoms with van der Waals surface area (Å²) >= 11 is 6.30. The maximum absolute atomic E-state index is 15.6. The third kappa shape index (κ3) is 20.8. The molecule has 12 atom stereocenters. The van der Waals surface area contributed by atoms with E-state index in [4.69, 9.17) is 11.6 Å². The van der Waals surface area contributed by atoms with Crippen molar-refractivity contribution in [2.24, 2.45) is 5.92 Å². The molecular formula is C79H98ClN13O18S2. The molecule has 0 radical (unpaired) electrons. The molecule has 4 aromatic carbocycles. The fourth-order valence-corrected chi connectivity index (χ4v) is 17.2. The van der Waals surface area contributed by atoms with Crippen LogP contribution in [-0.4, -0.2) is 281 Å². The largest absolute Gasteiger partial charge is 0.480 e. The maximum Gasteiger partial charge on any atom is 0.326 e. The highest BCUT2D eigenvalue weighted by molar-refractivity contribution is 7.90. The van der Waals surface area contributed by atoms with Crippen LogP contribution in [0.4, 0.5) is 0 Å². The number of Topliss-reactive ketones (excluding diaryl/α,β-unsaturated/α-hetero) is 1. The zero-order valence-corrected chi connectivity index (χ0v) is 66.7. The van der Waals surface area contributed by atoms with E-state index in [1.807, 2.05) is 12.1 Å². The van der Waals surface area contributed by atoms with Gasteiger partial charge < -0.3 is 70.6 Å². The number of aromatic nitrogens is 2. The molecule has 0 saturated carbocycles. The van der Waals surface area contributed by atoms with Gasteiger partial charge in [-0.1, -0.05) is 90.5 Å². The number of β-lactam (4-membered cyclic amide) rings is 1. The number of carbonyl (C=O) groups excluding carboxylic acids is 12. The first-order valence-corrected chi connectivity index (χ1v) is 42.1. The molecule has 11 amide bonds. The summed E-state index contributed by atoms with van der Waals surface area (Å²) < 4.78 is 51.8. The number of benzene rings is 4. The number of para-hydroxylation sites is 2. The number of carboxylic acid groups (broad SMARTS) is 1. The smallest absolute Gasteiger partial charge is 0.326 e. The molecular weight excluding hydrogens is 1520 g/mol. The average Bonchev–Trinajstić information content (AvgIpc) is 1.37. The minimum Gasteiger partial charge on any atom is -0.480 e. The number of hydrogen-bond donors (Lipinski definition) is 7. The molecule has 5 aliphatic heterocycles. The third-order valence-electron chi connectivity index (χ3n) is 21.9. The Morgan fingerprint density at radius 1 is 0.531 bits per heavy atom. The Kier molecular flexibility index (Phi) is 27.4. The standard InChI is InChI=1S/C79H98ClN13O18S2/c1-46-36-67(95)84-58(30-34-112(7,108)109)74(101)89(5)65(37-48-18-10-9-11-19-48)72(99)86-60(39-51-43-81-56-22-14-12-20-54(51)56)76(103)91-32-16-24-61(91)77(104)87(3)45-69(97)88(4)64(38-49-26-28-53(80)29-27-49)71(98)85-59(31-35-113(8,110)111)75(102)90(6)70-47(2)93(78(70)105)63(40-52-44-82-57-23-15-13-21-55(52)57)66(94)41-50(42-68(96)83-46)73(100)92-33-17-25-62(92)79(106)107/h9-15,18-23,26-29,43-44,46-47,50,58-65,70,81-82H,16-17,24-25,30-42,45H2,1-8H3,(H,83,96)(H,84,95)(H,85,98)(H,86,99)(H,106,107)/t46-,47?,50-,58-,59-,60-,61-,62-,63-,64-,65-,70-/m0/s1. The van der Waals surface area contributed by atoms with Gasteiger partial charge in [-0.25, -0.2) is 21.6 Å². The number of ketones is 1. The van der Waals surface area contributed by atoms with Gasteiger partial charge in [0.2, 0.25) is 65.0 Å². The predicted octanol–water partition coefficient (Wildman–Crippen LogP) is 2.38. The van der Waals surface area contributed by atoms with E-state index in [2.05, 4.69) is 31.2 Å². The van der Waals surface area contributed by atoms with Gasteiger partial charge in [-0.05, 0) is 98.9 Å². The number of likely N-dealkylation sites (tertiary alicyclic amines) is 1. The molecule has 34 heteroatoms. The Labute approximate surface area is 660 Å². The highest BCUT2D eigenvalue weighted by Gasteiger charge is 2.54. The van der Waals surface area contributed by atoms with Crippen LogP contribution in [0.3, 0.4) is 0 Å². The van der Waals surface area contributed by atoms with Crippen LogP contribution < -0.4 is 21.3 Å². The topological polar surface area (TPSA) is 413 Å². The van der Waals surface area contributed by atoms with Crippen molar-refractivity contribution in [1.29, 1.82) is 0 Å². The highest BCUT2D eigenvalue weighted by Crippen LogP contribution is 2.34. The molecule has 5 fully saturated rings. The lowest BCUT2D eigenvalue weighted by Gasteiger charge is -2.52. The predicted molar refractivity (Wildman–Crippen MR) is 418 cm³/mol. The van der Waals surface area contributed by atoms with E-state index >= 15 is 38.4 Å². The summed E-state index contributed by atoms with van der Waals surface area (Å²) in [6.07, 6.45) is 1.95. The molecule has 0 spiro atoms. The lowest BCUT2D eigenvalue weighted by molar-refractivity contribution is -0.170. The minimum absolute atomic E-state index is 0.0107. The molecule has 7 heterocycles. The third-order valence-corrected chi connectivity index (χ3v) is 24.1.